The van der Waals surface area contributed by atoms with E-state index in [1.807, 2.05) is 13.8 Å². The number of aryl methyl sites for hydroxylation is 1. The monoisotopic (exact) mass is 317 g/mol. The SMILES string of the molecule is COc1ccc(NC(=O)c2cc(C(C)C)n(C)n2)c(C(=O)O)c1. The molecule has 0 aliphatic rings. The number of amides is 1. The van der Waals surface area contributed by atoms with E-state index < -0.39 is 11.9 Å². The number of ether oxygens (including phenoxy) is 1. The van der Waals surface area contributed by atoms with Gasteiger partial charge in [-0.25, -0.2) is 4.79 Å². The van der Waals surface area contributed by atoms with Crippen molar-refractivity contribution in [1.29, 1.82) is 0 Å². The lowest BCUT2D eigenvalue weighted by molar-refractivity contribution is 0.0697. The summed E-state index contributed by atoms with van der Waals surface area (Å²) in [6.07, 6.45) is 0. The van der Waals surface area contributed by atoms with Crippen LogP contribution in [0.15, 0.2) is 24.3 Å². The highest BCUT2D eigenvalue weighted by Crippen LogP contribution is 2.23. The number of aromatic nitrogens is 2. The number of carboxylic acid groups (broad SMARTS) is 1. The summed E-state index contributed by atoms with van der Waals surface area (Å²) in [5, 5.41) is 16.0. The smallest absolute Gasteiger partial charge is 0.337 e. The van der Waals surface area contributed by atoms with Crippen molar-refractivity contribution in [3.8, 4) is 5.75 Å². The Morgan fingerprint density at radius 3 is 2.52 bits per heavy atom. The maximum atomic E-state index is 12.3. The molecule has 0 unspecified atom stereocenters. The van der Waals surface area contributed by atoms with Gasteiger partial charge in [-0.15, -0.1) is 0 Å². The minimum absolute atomic E-state index is 0.0438. The van der Waals surface area contributed by atoms with Crippen LogP contribution in [0.25, 0.3) is 0 Å². The molecular formula is C16H19N3O4. The molecule has 1 amide bonds. The quantitative estimate of drug-likeness (QED) is 0.883. The topological polar surface area (TPSA) is 93.5 Å². The van der Waals surface area contributed by atoms with E-state index in [1.54, 1.807) is 23.9 Å². The zero-order valence-electron chi connectivity index (χ0n) is 13.5. The van der Waals surface area contributed by atoms with Crippen molar-refractivity contribution in [1.82, 2.24) is 9.78 Å². The lowest BCUT2D eigenvalue weighted by atomic mass is 10.1. The average Bonchev–Trinajstić information content (AvgIpc) is 2.89. The maximum absolute atomic E-state index is 12.3. The van der Waals surface area contributed by atoms with E-state index >= 15 is 0 Å². The number of hydrogen-bond acceptors (Lipinski definition) is 4. The summed E-state index contributed by atoms with van der Waals surface area (Å²) >= 11 is 0. The fourth-order valence-corrected chi connectivity index (χ4v) is 2.26. The molecule has 1 aromatic carbocycles. The lowest BCUT2D eigenvalue weighted by Crippen LogP contribution is -2.15. The molecule has 7 nitrogen and oxygen atoms in total. The number of benzene rings is 1. The third-order valence-electron chi connectivity index (χ3n) is 3.45. The van der Waals surface area contributed by atoms with Gasteiger partial charge in [0.1, 0.15) is 5.75 Å². The van der Waals surface area contributed by atoms with Gasteiger partial charge in [0.05, 0.1) is 18.4 Å². The van der Waals surface area contributed by atoms with Gasteiger partial charge >= 0.3 is 5.97 Å². The van der Waals surface area contributed by atoms with Crippen LogP contribution in [0.2, 0.25) is 0 Å². The van der Waals surface area contributed by atoms with E-state index in [0.29, 0.717) is 5.75 Å². The van der Waals surface area contributed by atoms with E-state index in [1.165, 1.54) is 19.2 Å². The van der Waals surface area contributed by atoms with Crippen molar-refractivity contribution in [3.63, 3.8) is 0 Å². The van der Waals surface area contributed by atoms with Crippen LogP contribution in [0.1, 0.15) is 46.3 Å². The zero-order valence-corrected chi connectivity index (χ0v) is 13.5. The number of nitrogens with one attached hydrogen (secondary N) is 1. The van der Waals surface area contributed by atoms with Gasteiger partial charge in [0.25, 0.3) is 5.91 Å². The standard InChI is InChI=1S/C16H19N3O4/c1-9(2)14-8-13(18-19(14)3)15(20)17-12-6-5-10(23-4)7-11(12)16(21)22/h5-9H,1-4H3,(H,17,20)(H,21,22). The molecule has 122 valence electrons. The Morgan fingerprint density at radius 1 is 1.30 bits per heavy atom. The fraction of sp³-hybridized carbons (Fsp3) is 0.312. The molecule has 0 spiro atoms. The summed E-state index contributed by atoms with van der Waals surface area (Å²) in [4.78, 5) is 23.6. The summed E-state index contributed by atoms with van der Waals surface area (Å²) in [5.74, 6) is -0.979. The molecule has 2 aromatic rings. The van der Waals surface area contributed by atoms with E-state index in [9.17, 15) is 14.7 Å². The van der Waals surface area contributed by atoms with Crippen LogP contribution in [0, 0.1) is 0 Å². The summed E-state index contributed by atoms with van der Waals surface area (Å²) in [5.41, 5.74) is 1.31. The Hall–Kier alpha value is -2.83. The molecule has 0 bridgehead atoms. The third kappa shape index (κ3) is 3.50. The first kappa shape index (κ1) is 16.5. The summed E-state index contributed by atoms with van der Waals surface area (Å²) in [7, 11) is 3.21. The Labute approximate surface area is 133 Å². The van der Waals surface area contributed by atoms with Gasteiger partial charge in [-0.05, 0) is 30.2 Å². The predicted molar refractivity (Wildman–Crippen MR) is 85.2 cm³/mol. The molecule has 1 heterocycles. The van der Waals surface area contributed by atoms with Crippen molar-refractivity contribution in [2.45, 2.75) is 19.8 Å². The van der Waals surface area contributed by atoms with Gasteiger partial charge in [-0.1, -0.05) is 13.8 Å². The highest BCUT2D eigenvalue weighted by atomic mass is 16.5. The molecular weight excluding hydrogens is 298 g/mol. The van der Waals surface area contributed by atoms with Crippen LogP contribution in [-0.2, 0) is 7.05 Å². The van der Waals surface area contributed by atoms with Crippen LogP contribution in [0.4, 0.5) is 5.69 Å². The molecule has 0 aliphatic carbocycles. The largest absolute Gasteiger partial charge is 0.497 e. The molecule has 0 saturated carbocycles. The maximum Gasteiger partial charge on any atom is 0.337 e. The molecule has 0 saturated heterocycles. The number of nitrogens with zero attached hydrogens (tertiary/aromatic N) is 2. The van der Waals surface area contributed by atoms with Crippen molar-refractivity contribution >= 4 is 17.6 Å². The molecule has 1 aromatic heterocycles. The zero-order chi connectivity index (χ0) is 17.1. The van der Waals surface area contributed by atoms with Gasteiger partial charge in [0.15, 0.2) is 5.69 Å². The van der Waals surface area contributed by atoms with Crippen molar-refractivity contribution in [3.05, 3.63) is 41.2 Å². The Balaban J connectivity index is 2.30. The summed E-state index contributed by atoms with van der Waals surface area (Å²) in [6, 6.07) is 6.13. The van der Waals surface area contributed by atoms with Crippen LogP contribution in [0.3, 0.4) is 0 Å². The number of aromatic carboxylic acids is 1. The number of carbonyl (C=O) groups is 2. The first-order chi connectivity index (χ1) is 10.8. The lowest BCUT2D eigenvalue weighted by Gasteiger charge is -2.09. The van der Waals surface area contributed by atoms with Gasteiger partial charge in [-0.2, -0.15) is 5.10 Å². The Morgan fingerprint density at radius 2 is 2.00 bits per heavy atom. The molecule has 0 aliphatic heterocycles. The highest BCUT2D eigenvalue weighted by molar-refractivity contribution is 6.07. The van der Waals surface area contributed by atoms with E-state index in [-0.39, 0.29) is 22.9 Å². The third-order valence-corrected chi connectivity index (χ3v) is 3.45. The molecule has 23 heavy (non-hydrogen) atoms. The van der Waals surface area contributed by atoms with Crippen LogP contribution in [0.5, 0.6) is 5.75 Å². The first-order valence-corrected chi connectivity index (χ1v) is 7.10. The minimum atomic E-state index is -1.15. The van der Waals surface area contributed by atoms with Crippen LogP contribution >= 0.6 is 0 Å². The molecule has 0 fully saturated rings. The van der Waals surface area contributed by atoms with E-state index in [4.69, 9.17) is 4.74 Å². The Kier molecular flexibility index (Phi) is 4.68. The highest BCUT2D eigenvalue weighted by Gasteiger charge is 2.18. The summed E-state index contributed by atoms with van der Waals surface area (Å²) < 4.78 is 6.65. The van der Waals surface area contributed by atoms with Crippen molar-refractivity contribution in [2.75, 3.05) is 12.4 Å². The first-order valence-electron chi connectivity index (χ1n) is 7.10. The van der Waals surface area contributed by atoms with Crippen molar-refractivity contribution < 1.29 is 19.4 Å². The molecule has 2 rings (SSSR count). The van der Waals surface area contributed by atoms with E-state index in [2.05, 4.69) is 10.4 Å². The average molecular weight is 317 g/mol. The number of hydrogen-bond donors (Lipinski definition) is 2. The second kappa shape index (κ2) is 6.51. The second-order valence-corrected chi connectivity index (χ2v) is 5.40. The molecule has 7 heteroatoms. The van der Waals surface area contributed by atoms with Gasteiger partial charge in [-0.3, -0.25) is 9.48 Å². The number of carbonyl (C=O) groups excluding carboxylic acids is 1. The molecule has 0 atom stereocenters. The number of anilines is 1. The summed E-state index contributed by atoms with van der Waals surface area (Å²) in [6.45, 7) is 4.01. The van der Waals surface area contributed by atoms with E-state index in [0.717, 1.165) is 5.69 Å². The Bertz CT molecular complexity index is 750. The number of carboxylic acids is 1. The fourth-order valence-electron chi connectivity index (χ4n) is 2.26. The molecule has 2 N–H and O–H groups in total. The van der Waals surface area contributed by atoms with Gasteiger partial charge in [0, 0.05) is 12.7 Å². The minimum Gasteiger partial charge on any atom is -0.497 e. The van der Waals surface area contributed by atoms with Gasteiger partial charge in [0.2, 0.25) is 0 Å². The normalized spacial score (nSPS) is 10.7. The number of methoxy groups -OCH3 is 1. The van der Waals surface area contributed by atoms with Gasteiger partial charge < -0.3 is 15.2 Å². The van der Waals surface area contributed by atoms with Crippen LogP contribution in [-0.4, -0.2) is 33.9 Å². The number of rotatable bonds is 5. The predicted octanol–water partition coefficient (Wildman–Crippen LogP) is 2.50. The molecule has 0 radical (unpaired) electrons. The second-order valence-electron chi connectivity index (χ2n) is 5.40. The van der Waals surface area contributed by atoms with Crippen molar-refractivity contribution in [2.24, 2.45) is 7.05 Å². The van der Waals surface area contributed by atoms with Crippen LogP contribution < -0.4 is 10.1 Å².